The van der Waals surface area contributed by atoms with Gasteiger partial charge in [-0.3, -0.25) is 4.57 Å². The van der Waals surface area contributed by atoms with Gasteiger partial charge in [0.15, 0.2) is 6.23 Å². The molecule has 2 atom stereocenters. The summed E-state index contributed by atoms with van der Waals surface area (Å²) in [6.45, 7) is 0.0405. The zero-order valence-electron chi connectivity index (χ0n) is 7.29. The lowest BCUT2D eigenvalue weighted by Gasteiger charge is -2.18. The van der Waals surface area contributed by atoms with Crippen LogP contribution in [-0.2, 0) is 4.74 Å². The molecule has 1 heterocycles. The van der Waals surface area contributed by atoms with Gasteiger partial charge in [-0.15, -0.1) is 0 Å². The van der Waals surface area contributed by atoms with E-state index >= 15 is 0 Å². The van der Waals surface area contributed by atoms with E-state index in [4.69, 9.17) is 5.73 Å². The largest absolute Gasteiger partial charge is 0.386 e. The molecule has 0 saturated carbocycles. The molecule has 0 radical (unpaired) electrons. The van der Waals surface area contributed by atoms with Gasteiger partial charge in [0.1, 0.15) is 6.10 Å². The highest BCUT2D eigenvalue weighted by atomic mass is 16.5. The fourth-order valence-corrected chi connectivity index (χ4v) is 0.990. The molecule has 0 amide bonds. The number of imidazole rings is 1. The number of aromatic nitrogens is 2. The van der Waals surface area contributed by atoms with E-state index in [1.165, 1.54) is 24.1 Å². The van der Waals surface area contributed by atoms with Gasteiger partial charge in [-0.1, -0.05) is 0 Å². The lowest BCUT2D eigenvalue weighted by Crippen LogP contribution is -2.28. The van der Waals surface area contributed by atoms with Crippen molar-refractivity contribution in [2.75, 3.05) is 19.5 Å². The van der Waals surface area contributed by atoms with E-state index in [-0.39, 0.29) is 12.6 Å². The first-order valence-electron chi connectivity index (χ1n) is 3.80. The fourth-order valence-electron chi connectivity index (χ4n) is 0.990. The zero-order valence-corrected chi connectivity index (χ0v) is 7.29. The maximum atomic E-state index is 9.50. The summed E-state index contributed by atoms with van der Waals surface area (Å²) >= 11 is 0. The molecule has 1 rings (SSSR count). The summed E-state index contributed by atoms with van der Waals surface area (Å²) in [5.74, 6) is 0.155. The summed E-state index contributed by atoms with van der Waals surface area (Å²) in [7, 11) is 1.44. The van der Waals surface area contributed by atoms with Crippen LogP contribution in [0.2, 0.25) is 0 Å². The molecule has 0 spiro atoms. The number of nitrogen functional groups attached to an aromatic ring is 1. The molecule has 0 bridgehead atoms. The summed E-state index contributed by atoms with van der Waals surface area (Å²) in [6.07, 6.45) is 0.792. The second-order valence-corrected chi connectivity index (χ2v) is 2.63. The number of anilines is 1. The maximum Gasteiger partial charge on any atom is 0.202 e. The molecule has 0 aromatic carbocycles. The molecule has 4 N–H and O–H groups in total. The Morgan fingerprint density at radius 3 is 2.85 bits per heavy atom. The van der Waals surface area contributed by atoms with E-state index in [0.717, 1.165) is 0 Å². The van der Waals surface area contributed by atoms with Crippen molar-refractivity contribution in [2.24, 2.45) is 0 Å². The normalized spacial score (nSPS) is 15.6. The number of aliphatic hydroxyl groups excluding tert-OH is 2. The van der Waals surface area contributed by atoms with Crippen LogP contribution in [0.4, 0.5) is 5.95 Å². The standard InChI is InChI=1S/C7H13N3O3/c1-13-4-5(11)6(12)10-3-2-9-7(10)8/h2-3,5-6,11-12H,4H2,1H3,(H2,8,9). The van der Waals surface area contributed by atoms with E-state index in [2.05, 4.69) is 9.72 Å². The van der Waals surface area contributed by atoms with E-state index in [9.17, 15) is 10.2 Å². The van der Waals surface area contributed by atoms with Gasteiger partial charge in [-0.2, -0.15) is 0 Å². The van der Waals surface area contributed by atoms with E-state index in [1.54, 1.807) is 0 Å². The number of methoxy groups -OCH3 is 1. The Morgan fingerprint density at radius 2 is 2.38 bits per heavy atom. The fraction of sp³-hybridized carbons (Fsp3) is 0.571. The van der Waals surface area contributed by atoms with Gasteiger partial charge >= 0.3 is 0 Å². The third-order valence-corrected chi connectivity index (χ3v) is 1.67. The topological polar surface area (TPSA) is 93.5 Å². The van der Waals surface area contributed by atoms with E-state index in [0.29, 0.717) is 0 Å². The van der Waals surface area contributed by atoms with E-state index < -0.39 is 12.3 Å². The molecule has 0 saturated heterocycles. The molecule has 6 heteroatoms. The molecular formula is C7H13N3O3. The van der Waals surface area contributed by atoms with Crippen molar-refractivity contribution in [1.29, 1.82) is 0 Å². The Balaban J connectivity index is 2.67. The van der Waals surface area contributed by atoms with Gasteiger partial charge < -0.3 is 20.7 Å². The number of aliphatic hydroxyl groups is 2. The molecule has 0 aliphatic rings. The highest BCUT2D eigenvalue weighted by Crippen LogP contribution is 2.12. The average Bonchev–Trinajstić information content (AvgIpc) is 2.50. The van der Waals surface area contributed by atoms with Crippen LogP contribution in [-0.4, -0.2) is 39.6 Å². The first kappa shape index (κ1) is 9.97. The van der Waals surface area contributed by atoms with Crippen LogP contribution in [0.25, 0.3) is 0 Å². The van der Waals surface area contributed by atoms with Crippen LogP contribution in [0.3, 0.4) is 0 Å². The summed E-state index contributed by atoms with van der Waals surface area (Å²) in [4.78, 5) is 3.71. The Bertz CT molecular complexity index is 263. The Morgan fingerprint density at radius 1 is 1.69 bits per heavy atom. The van der Waals surface area contributed by atoms with Crippen molar-refractivity contribution >= 4 is 5.95 Å². The SMILES string of the molecule is COCC(O)C(O)n1ccnc1N. The molecule has 2 unspecified atom stereocenters. The lowest BCUT2D eigenvalue weighted by atomic mass is 10.3. The molecule has 0 fully saturated rings. The van der Waals surface area contributed by atoms with Gasteiger partial charge in [-0.25, -0.2) is 4.98 Å². The molecule has 6 nitrogen and oxygen atoms in total. The molecule has 1 aromatic heterocycles. The molecule has 0 aliphatic heterocycles. The third-order valence-electron chi connectivity index (χ3n) is 1.67. The third kappa shape index (κ3) is 2.18. The van der Waals surface area contributed by atoms with Crippen molar-refractivity contribution in [3.63, 3.8) is 0 Å². The smallest absolute Gasteiger partial charge is 0.202 e. The van der Waals surface area contributed by atoms with Crippen molar-refractivity contribution in [3.05, 3.63) is 12.4 Å². The first-order valence-corrected chi connectivity index (χ1v) is 3.80. The minimum Gasteiger partial charge on any atom is -0.386 e. The number of hydrogen-bond donors (Lipinski definition) is 3. The number of hydrogen-bond acceptors (Lipinski definition) is 5. The van der Waals surface area contributed by atoms with Crippen molar-refractivity contribution < 1.29 is 14.9 Å². The second-order valence-electron chi connectivity index (χ2n) is 2.63. The monoisotopic (exact) mass is 187 g/mol. The summed E-state index contributed by atoms with van der Waals surface area (Å²) in [5.41, 5.74) is 5.42. The van der Waals surface area contributed by atoms with Crippen LogP contribution in [0.15, 0.2) is 12.4 Å². The van der Waals surface area contributed by atoms with Gasteiger partial charge in [0, 0.05) is 19.5 Å². The van der Waals surface area contributed by atoms with Gasteiger partial charge in [0.25, 0.3) is 0 Å². The highest BCUT2D eigenvalue weighted by molar-refractivity contribution is 5.17. The van der Waals surface area contributed by atoms with Gasteiger partial charge in [0.2, 0.25) is 5.95 Å². The first-order chi connectivity index (χ1) is 6.16. The summed E-state index contributed by atoms with van der Waals surface area (Å²) < 4.78 is 5.95. The lowest BCUT2D eigenvalue weighted by molar-refractivity contribution is -0.0612. The Labute approximate surface area is 75.6 Å². The van der Waals surface area contributed by atoms with Crippen LogP contribution >= 0.6 is 0 Å². The van der Waals surface area contributed by atoms with Crippen molar-refractivity contribution in [3.8, 4) is 0 Å². The molecule has 0 aliphatic carbocycles. The number of nitrogens with zero attached hydrogens (tertiary/aromatic N) is 2. The van der Waals surface area contributed by atoms with Crippen molar-refractivity contribution in [1.82, 2.24) is 9.55 Å². The van der Waals surface area contributed by atoms with Crippen molar-refractivity contribution in [2.45, 2.75) is 12.3 Å². The molecule has 13 heavy (non-hydrogen) atoms. The Kier molecular flexibility index (Phi) is 3.24. The zero-order chi connectivity index (χ0) is 9.84. The van der Waals surface area contributed by atoms with Gasteiger partial charge in [-0.05, 0) is 0 Å². The number of nitrogens with two attached hydrogens (primary N) is 1. The molecular weight excluding hydrogens is 174 g/mol. The maximum absolute atomic E-state index is 9.50. The minimum atomic E-state index is -1.12. The number of rotatable bonds is 4. The predicted molar refractivity (Wildman–Crippen MR) is 45.8 cm³/mol. The highest BCUT2D eigenvalue weighted by Gasteiger charge is 2.18. The predicted octanol–water partition coefficient (Wildman–Crippen LogP) is -1.04. The van der Waals surface area contributed by atoms with E-state index in [1.807, 2.05) is 0 Å². The average molecular weight is 187 g/mol. The minimum absolute atomic E-state index is 0.0405. The van der Waals surface area contributed by atoms with Crippen LogP contribution < -0.4 is 5.73 Å². The van der Waals surface area contributed by atoms with Crippen LogP contribution in [0, 0.1) is 0 Å². The second kappa shape index (κ2) is 4.22. The summed E-state index contributed by atoms with van der Waals surface area (Å²) in [6, 6.07) is 0. The molecule has 1 aromatic rings. The Hall–Kier alpha value is -1.11. The van der Waals surface area contributed by atoms with Crippen LogP contribution in [0.1, 0.15) is 6.23 Å². The molecule has 74 valence electrons. The number of ether oxygens (including phenoxy) is 1. The quantitative estimate of drug-likeness (QED) is 0.560. The van der Waals surface area contributed by atoms with Gasteiger partial charge in [0.05, 0.1) is 6.61 Å². The summed E-state index contributed by atoms with van der Waals surface area (Å²) in [5, 5.41) is 18.8. The van der Waals surface area contributed by atoms with Crippen LogP contribution in [0.5, 0.6) is 0 Å².